The molecule has 0 saturated carbocycles. The van der Waals surface area contributed by atoms with E-state index in [2.05, 4.69) is 32.4 Å². The second kappa shape index (κ2) is 7.46. The largest absolute Gasteiger partial charge is 0.492 e. The normalized spacial score (nSPS) is 18.2. The van der Waals surface area contributed by atoms with Crippen LogP contribution >= 0.6 is 0 Å². The molecule has 0 spiro atoms. The van der Waals surface area contributed by atoms with Gasteiger partial charge in [0.25, 0.3) is 0 Å². The second-order valence-corrected chi connectivity index (χ2v) is 5.94. The van der Waals surface area contributed by atoms with Crippen LogP contribution in [-0.2, 0) is 13.6 Å². The molecule has 6 heteroatoms. The molecule has 124 valence electrons. The third kappa shape index (κ3) is 4.01. The van der Waals surface area contributed by atoms with Crippen molar-refractivity contribution < 1.29 is 4.74 Å². The Morgan fingerprint density at radius 2 is 2.30 bits per heavy atom. The summed E-state index contributed by atoms with van der Waals surface area (Å²) in [6.45, 7) is 5.58. The Morgan fingerprint density at radius 3 is 3.09 bits per heavy atom. The number of aromatic nitrogens is 3. The summed E-state index contributed by atoms with van der Waals surface area (Å²) in [7, 11) is 2.00. The Balaban J connectivity index is 1.56. The van der Waals surface area contributed by atoms with Crippen molar-refractivity contribution in [2.24, 2.45) is 7.05 Å². The number of nitrogens with one attached hydrogen (secondary N) is 1. The number of ether oxygens (including phenoxy) is 1. The van der Waals surface area contributed by atoms with E-state index in [1.807, 2.05) is 31.0 Å². The number of piperidine rings is 1. The highest BCUT2D eigenvalue weighted by molar-refractivity contribution is 5.39. The van der Waals surface area contributed by atoms with Crippen molar-refractivity contribution in [2.75, 3.05) is 24.6 Å². The molecule has 1 aliphatic heterocycles. The summed E-state index contributed by atoms with van der Waals surface area (Å²) >= 11 is 0. The van der Waals surface area contributed by atoms with Gasteiger partial charge in [-0.05, 0) is 31.4 Å². The summed E-state index contributed by atoms with van der Waals surface area (Å²) in [6.07, 6.45) is 7.92. The lowest BCUT2D eigenvalue weighted by Crippen LogP contribution is -2.46. The van der Waals surface area contributed by atoms with Crippen LogP contribution in [0.1, 0.15) is 25.3 Å². The SMILES string of the molecule is CCOc1cncc(CNC2CCCN(c3ccnn3C)C2)c1. The van der Waals surface area contributed by atoms with Crippen LogP contribution in [0.5, 0.6) is 5.75 Å². The van der Waals surface area contributed by atoms with Gasteiger partial charge in [-0.3, -0.25) is 9.67 Å². The van der Waals surface area contributed by atoms with E-state index in [1.165, 1.54) is 18.7 Å². The zero-order valence-corrected chi connectivity index (χ0v) is 13.9. The molecule has 0 amide bonds. The van der Waals surface area contributed by atoms with Crippen molar-refractivity contribution in [3.63, 3.8) is 0 Å². The number of aryl methyl sites for hydroxylation is 1. The summed E-state index contributed by atoms with van der Waals surface area (Å²) in [5.74, 6) is 2.03. The number of anilines is 1. The predicted molar refractivity (Wildman–Crippen MR) is 90.7 cm³/mol. The van der Waals surface area contributed by atoms with Crippen molar-refractivity contribution in [3.8, 4) is 5.75 Å². The van der Waals surface area contributed by atoms with Gasteiger partial charge in [-0.1, -0.05) is 0 Å². The van der Waals surface area contributed by atoms with E-state index in [0.29, 0.717) is 12.6 Å². The van der Waals surface area contributed by atoms with E-state index in [0.717, 1.165) is 30.9 Å². The van der Waals surface area contributed by atoms with Gasteiger partial charge in [0.15, 0.2) is 0 Å². The van der Waals surface area contributed by atoms with Crippen LogP contribution in [0.4, 0.5) is 5.82 Å². The van der Waals surface area contributed by atoms with Crippen molar-refractivity contribution in [2.45, 2.75) is 32.4 Å². The molecule has 1 fully saturated rings. The first kappa shape index (κ1) is 15.8. The average Bonchev–Trinajstić information content (AvgIpc) is 3.00. The van der Waals surface area contributed by atoms with Crippen LogP contribution in [0, 0.1) is 0 Å². The first-order chi connectivity index (χ1) is 11.3. The van der Waals surface area contributed by atoms with E-state index >= 15 is 0 Å². The van der Waals surface area contributed by atoms with E-state index in [9.17, 15) is 0 Å². The quantitative estimate of drug-likeness (QED) is 0.883. The Kier molecular flexibility index (Phi) is 5.12. The van der Waals surface area contributed by atoms with Gasteiger partial charge in [-0.2, -0.15) is 5.10 Å². The summed E-state index contributed by atoms with van der Waals surface area (Å²) in [5, 5.41) is 7.92. The Bertz CT molecular complexity index is 627. The van der Waals surface area contributed by atoms with E-state index in [-0.39, 0.29) is 0 Å². The van der Waals surface area contributed by atoms with Gasteiger partial charge in [-0.25, -0.2) is 0 Å². The van der Waals surface area contributed by atoms with Crippen LogP contribution in [0.15, 0.2) is 30.7 Å². The highest BCUT2D eigenvalue weighted by Gasteiger charge is 2.21. The topological polar surface area (TPSA) is 55.2 Å². The van der Waals surface area contributed by atoms with Crippen LogP contribution in [0.25, 0.3) is 0 Å². The second-order valence-electron chi connectivity index (χ2n) is 5.94. The minimum absolute atomic E-state index is 0.481. The number of nitrogens with zero attached hydrogens (tertiary/aromatic N) is 4. The van der Waals surface area contributed by atoms with Gasteiger partial charge >= 0.3 is 0 Å². The van der Waals surface area contributed by atoms with Crippen molar-refractivity contribution in [3.05, 3.63) is 36.3 Å². The van der Waals surface area contributed by atoms with Crippen molar-refractivity contribution >= 4 is 5.82 Å². The van der Waals surface area contributed by atoms with E-state index in [4.69, 9.17) is 4.74 Å². The lowest BCUT2D eigenvalue weighted by Gasteiger charge is -2.34. The molecule has 0 bridgehead atoms. The Morgan fingerprint density at radius 1 is 1.39 bits per heavy atom. The molecule has 1 atom stereocenters. The highest BCUT2D eigenvalue weighted by atomic mass is 16.5. The fraction of sp³-hybridized carbons (Fsp3) is 0.529. The molecule has 0 aliphatic carbocycles. The van der Waals surface area contributed by atoms with E-state index < -0.39 is 0 Å². The van der Waals surface area contributed by atoms with Gasteiger partial charge in [0.05, 0.1) is 19.0 Å². The highest BCUT2D eigenvalue weighted by Crippen LogP contribution is 2.19. The standard InChI is InChI=1S/C17H25N5O/c1-3-23-16-9-14(10-18-12-16)11-19-15-5-4-8-22(13-15)17-6-7-20-21(17)2/h6-7,9-10,12,15,19H,3-5,8,11,13H2,1-2H3. The third-order valence-corrected chi connectivity index (χ3v) is 4.22. The maximum Gasteiger partial charge on any atom is 0.137 e. The molecule has 23 heavy (non-hydrogen) atoms. The van der Waals surface area contributed by atoms with Crippen LogP contribution in [-0.4, -0.2) is 40.5 Å². The molecule has 1 aliphatic rings. The van der Waals surface area contributed by atoms with Crippen LogP contribution < -0.4 is 15.0 Å². The molecule has 6 nitrogen and oxygen atoms in total. The smallest absolute Gasteiger partial charge is 0.137 e. The van der Waals surface area contributed by atoms with Gasteiger partial charge in [0.2, 0.25) is 0 Å². The van der Waals surface area contributed by atoms with Crippen molar-refractivity contribution in [1.82, 2.24) is 20.1 Å². The predicted octanol–water partition coefficient (Wildman–Crippen LogP) is 1.97. The fourth-order valence-electron chi connectivity index (χ4n) is 3.10. The lowest BCUT2D eigenvalue weighted by atomic mass is 10.1. The molecule has 0 radical (unpaired) electrons. The zero-order valence-electron chi connectivity index (χ0n) is 13.9. The maximum atomic E-state index is 5.51. The van der Waals surface area contributed by atoms with Crippen LogP contribution in [0.2, 0.25) is 0 Å². The molecule has 1 unspecified atom stereocenters. The maximum absolute atomic E-state index is 5.51. The molecule has 3 rings (SSSR count). The molecular formula is C17H25N5O. The van der Waals surface area contributed by atoms with Gasteiger partial charge in [-0.15, -0.1) is 0 Å². The lowest BCUT2D eigenvalue weighted by molar-refractivity contribution is 0.338. The molecule has 1 N–H and O–H groups in total. The summed E-state index contributed by atoms with van der Waals surface area (Å²) in [6, 6.07) is 4.62. The minimum Gasteiger partial charge on any atom is -0.492 e. The molecular weight excluding hydrogens is 290 g/mol. The minimum atomic E-state index is 0.481. The zero-order chi connectivity index (χ0) is 16.1. The van der Waals surface area contributed by atoms with Crippen LogP contribution in [0.3, 0.4) is 0 Å². The molecule has 2 aromatic rings. The third-order valence-electron chi connectivity index (χ3n) is 4.22. The van der Waals surface area contributed by atoms with E-state index in [1.54, 1.807) is 6.20 Å². The molecule has 2 aromatic heterocycles. The first-order valence-corrected chi connectivity index (χ1v) is 8.29. The molecule has 1 saturated heterocycles. The number of pyridine rings is 1. The van der Waals surface area contributed by atoms with Gasteiger partial charge in [0, 0.05) is 45.0 Å². The number of hydrogen-bond acceptors (Lipinski definition) is 5. The summed E-state index contributed by atoms with van der Waals surface area (Å²) < 4.78 is 7.45. The molecule has 0 aromatic carbocycles. The summed E-state index contributed by atoms with van der Waals surface area (Å²) in [4.78, 5) is 6.65. The first-order valence-electron chi connectivity index (χ1n) is 8.29. The Labute approximate surface area is 137 Å². The monoisotopic (exact) mass is 315 g/mol. The van der Waals surface area contributed by atoms with Crippen molar-refractivity contribution in [1.29, 1.82) is 0 Å². The van der Waals surface area contributed by atoms with Gasteiger partial charge in [0.1, 0.15) is 11.6 Å². The number of rotatable bonds is 6. The number of hydrogen-bond donors (Lipinski definition) is 1. The van der Waals surface area contributed by atoms with Gasteiger partial charge < -0.3 is 15.0 Å². The Hall–Kier alpha value is -2.08. The average molecular weight is 315 g/mol. The summed E-state index contributed by atoms with van der Waals surface area (Å²) in [5.41, 5.74) is 1.16. The molecule has 3 heterocycles. The fourth-order valence-corrected chi connectivity index (χ4v) is 3.10.